The van der Waals surface area contributed by atoms with Crippen LogP contribution in [-0.2, 0) is 0 Å². The van der Waals surface area contributed by atoms with Gasteiger partial charge in [-0.25, -0.2) is 0 Å². The van der Waals surface area contributed by atoms with Crippen molar-refractivity contribution < 1.29 is 5.11 Å². The van der Waals surface area contributed by atoms with Gasteiger partial charge < -0.3 is 10.8 Å². The van der Waals surface area contributed by atoms with E-state index >= 15 is 0 Å². The van der Waals surface area contributed by atoms with Crippen LogP contribution in [0.2, 0.25) is 0 Å². The first kappa shape index (κ1) is 6.68. The Morgan fingerprint density at radius 2 is 2.00 bits per heavy atom. The Morgan fingerprint density at radius 1 is 1.30 bits per heavy atom. The van der Waals surface area contributed by atoms with Crippen molar-refractivity contribution in [1.82, 2.24) is 0 Å². The van der Waals surface area contributed by atoms with Gasteiger partial charge in [-0.2, -0.15) is 0 Å². The van der Waals surface area contributed by atoms with E-state index in [1.807, 2.05) is 18.2 Å². The second kappa shape index (κ2) is 2.92. The second-order valence-electron chi connectivity index (χ2n) is 1.94. The standard InChI is InChI=1S/C8H9NO/c9-8-4-2-1-3-7(8)5-6-10/h1-6,10H,9H2. The van der Waals surface area contributed by atoms with Crippen LogP contribution in [0.5, 0.6) is 0 Å². The van der Waals surface area contributed by atoms with E-state index in [1.165, 1.54) is 0 Å². The first-order valence-corrected chi connectivity index (χ1v) is 3.00. The number of nitrogens with two attached hydrogens (primary N) is 1. The quantitative estimate of drug-likeness (QED) is 0.455. The molecule has 0 saturated heterocycles. The number of nitrogen functional groups attached to an aromatic ring is 1. The Morgan fingerprint density at radius 3 is 2.60 bits per heavy atom. The lowest BCUT2D eigenvalue weighted by atomic mass is 10.2. The van der Waals surface area contributed by atoms with Crippen molar-refractivity contribution in [2.45, 2.75) is 0 Å². The first-order chi connectivity index (χ1) is 4.84. The zero-order chi connectivity index (χ0) is 7.40. The van der Waals surface area contributed by atoms with Crippen molar-refractivity contribution in [3.63, 3.8) is 0 Å². The molecule has 0 aliphatic rings. The highest BCUT2D eigenvalue weighted by molar-refractivity contribution is 5.63. The van der Waals surface area contributed by atoms with Crippen LogP contribution in [0, 0.1) is 0 Å². The minimum atomic E-state index is 0.674. The fraction of sp³-hybridized carbons (Fsp3) is 0. The molecule has 2 nitrogen and oxygen atoms in total. The highest BCUT2D eigenvalue weighted by atomic mass is 16.2. The smallest absolute Gasteiger partial charge is 0.0798 e. The number of hydrogen-bond donors (Lipinski definition) is 2. The molecule has 0 heterocycles. The molecule has 3 N–H and O–H groups in total. The normalized spacial score (nSPS) is 10.4. The van der Waals surface area contributed by atoms with Gasteiger partial charge in [-0.05, 0) is 12.1 Å². The topological polar surface area (TPSA) is 46.2 Å². The third kappa shape index (κ3) is 1.29. The summed E-state index contributed by atoms with van der Waals surface area (Å²) in [4.78, 5) is 0. The summed E-state index contributed by atoms with van der Waals surface area (Å²) in [5.41, 5.74) is 7.06. The number of anilines is 1. The van der Waals surface area contributed by atoms with Gasteiger partial charge in [0.05, 0.1) is 6.26 Å². The Kier molecular flexibility index (Phi) is 1.95. The summed E-state index contributed by atoms with van der Waals surface area (Å²) in [7, 11) is 0. The number of hydrogen-bond acceptors (Lipinski definition) is 2. The summed E-state index contributed by atoms with van der Waals surface area (Å²) in [6.07, 6.45) is 2.53. The molecule has 0 aromatic heterocycles. The van der Waals surface area contributed by atoms with E-state index in [4.69, 9.17) is 10.8 Å². The van der Waals surface area contributed by atoms with E-state index in [9.17, 15) is 0 Å². The second-order valence-corrected chi connectivity index (χ2v) is 1.94. The van der Waals surface area contributed by atoms with Crippen LogP contribution in [-0.4, -0.2) is 5.11 Å². The van der Waals surface area contributed by atoms with Gasteiger partial charge in [-0.15, -0.1) is 0 Å². The molecule has 0 spiro atoms. The van der Waals surface area contributed by atoms with Gasteiger partial charge in [-0.1, -0.05) is 18.2 Å². The molecule has 0 radical (unpaired) electrons. The minimum absolute atomic E-state index is 0.674. The third-order valence-electron chi connectivity index (χ3n) is 1.25. The number of para-hydroxylation sites is 1. The van der Waals surface area contributed by atoms with Crippen LogP contribution in [0.1, 0.15) is 5.56 Å². The molecule has 0 bridgehead atoms. The van der Waals surface area contributed by atoms with Gasteiger partial charge in [0, 0.05) is 11.3 Å². The largest absolute Gasteiger partial charge is 0.516 e. The van der Waals surface area contributed by atoms with Crippen molar-refractivity contribution in [2.75, 3.05) is 5.73 Å². The van der Waals surface area contributed by atoms with Gasteiger partial charge in [0.15, 0.2) is 0 Å². The van der Waals surface area contributed by atoms with Crippen molar-refractivity contribution in [2.24, 2.45) is 0 Å². The van der Waals surface area contributed by atoms with Crippen LogP contribution in [0.3, 0.4) is 0 Å². The van der Waals surface area contributed by atoms with Crippen molar-refractivity contribution in [3.8, 4) is 0 Å². The maximum atomic E-state index is 8.41. The summed E-state index contributed by atoms with van der Waals surface area (Å²) in [6.45, 7) is 0. The van der Waals surface area contributed by atoms with Crippen LogP contribution < -0.4 is 5.73 Å². The Bertz CT molecular complexity index is 243. The molecule has 0 aliphatic heterocycles. The predicted octanol–water partition coefficient (Wildman–Crippen LogP) is 1.80. The van der Waals surface area contributed by atoms with E-state index in [2.05, 4.69) is 0 Å². The van der Waals surface area contributed by atoms with E-state index < -0.39 is 0 Å². The molecule has 52 valence electrons. The summed E-state index contributed by atoms with van der Waals surface area (Å²) < 4.78 is 0. The molecule has 0 fully saturated rings. The number of aliphatic hydroxyl groups is 1. The molecule has 2 heteroatoms. The Hall–Kier alpha value is -1.44. The summed E-state index contributed by atoms with van der Waals surface area (Å²) in [5.74, 6) is 0. The first-order valence-electron chi connectivity index (χ1n) is 3.00. The molecule has 0 unspecified atom stereocenters. The average Bonchev–Trinajstić information content (AvgIpc) is 1.94. The lowest BCUT2D eigenvalue weighted by molar-refractivity contribution is 0.478. The van der Waals surface area contributed by atoms with E-state index in [-0.39, 0.29) is 0 Å². The van der Waals surface area contributed by atoms with E-state index in [0.717, 1.165) is 11.8 Å². The molecule has 0 amide bonds. The third-order valence-corrected chi connectivity index (χ3v) is 1.25. The monoisotopic (exact) mass is 135 g/mol. The highest BCUT2D eigenvalue weighted by Crippen LogP contribution is 2.11. The molecule has 1 rings (SSSR count). The SMILES string of the molecule is Nc1ccccc1C=CO. The zero-order valence-corrected chi connectivity index (χ0v) is 5.49. The summed E-state index contributed by atoms with van der Waals surface area (Å²) in [6, 6.07) is 7.34. The van der Waals surface area contributed by atoms with Crippen LogP contribution in [0.4, 0.5) is 5.69 Å². The minimum Gasteiger partial charge on any atom is -0.516 e. The number of rotatable bonds is 1. The molecular formula is C8H9NO. The van der Waals surface area contributed by atoms with Gasteiger partial charge in [0.25, 0.3) is 0 Å². The van der Waals surface area contributed by atoms with Crippen LogP contribution in [0.15, 0.2) is 30.5 Å². The summed E-state index contributed by atoms with van der Waals surface area (Å²) in [5, 5.41) is 8.41. The van der Waals surface area contributed by atoms with E-state index in [0.29, 0.717) is 5.69 Å². The zero-order valence-electron chi connectivity index (χ0n) is 5.49. The predicted molar refractivity (Wildman–Crippen MR) is 42.5 cm³/mol. The fourth-order valence-electron chi connectivity index (χ4n) is 0.743. The van der Waals surface area contributed by atoms with Crippen LogP contribution in [0.25, 0.3) is 6.08 Å². The molecule has 0 aliphatic carbocycles. The molecular weight excluding hydrogens is 126 g/mol. The van der Waals surface area contributed by atoms with Crippen molar-refractivity contribution >= 4 is 11.8 Å². The van der Waals surface area contributed by atoms with Crippen molar-refractivity contribution in [1.29, 1.82) is 0 Å². The maximum absolute atomic E-state index is 8.41. The average molecular weight is 135 g/mol. The number of aliphatic hydroxyl groups excluding tert-OH is 1. The lowest BCUT2D eigenvalue weighted by Crippen LogP contribution is -1.86. The molecule has 0 saturated carbocycles. The van der Waals surface area contributed by atoms with Gasteiger partial charge in [0.2, 0.25) is 0 Å². The molecule has 1 aromatic carbocycles. The van der Waals surface area contributed by atoms with Gasteiger partial charge >= 0.3 is 0 Å². The van der Waals surface area contributed by atoms with Gasteiger partial charge in [-0.3, -0.25) is 0 Å². The fourth-order valence-corrected chi connectivity index (χ4v) is 0.743. The summed E-state index contributed by atoms with van der Waals surface area (Å²) >= 11 is 0. The van der Waals surface area contributed by atoms with E-state index in [1.54, 1.807) is 12.1 Å². The Labute approximate surface area is 59.6 Å². The highest BCUT2D eigenvalue weighted by Gasteiger charge is 1.89. The maximum Gasteiger partial charge on any atom is 0.0798 e. The molecule has 0 atom stereocenters. The van der Waals surface area contributed by atoms with Gasteiger partial charge in [0.1, 0.15) is 0 Å². The molecule has 10 heavy (non-hydrogen) atoms. The lowest BCUT2D eigenvalue weighted by Gasteiger charge is -1.95. The number of benzene rings is 1. The Balaban J connectivity index is 3.03. The molecule has 1 aromatic rings. The van der Waals surface area contributed by atoms with Crippen LogP contribution >= 0.6 is 0 Å². The van der Waals surface area contributed by atoms with Crippen molar-refractivity contribution in [3.05, 3.63) is 36.1 Å².